The molecule has 20 nitrogen and oxygen atoms in total. The molecular formula is C51H95N11O9. The van der Waals surface area contributed by atoms with Gasteiger partial charge in [0.25, 0.3) is 0 Å². The second-order valence-corrected chi connectivity index (χ2v) is 22.0. The smallest absolute Gasteiger partial charge is 0.246 e. The van der Waals surface area contributed by atoms with Crippen molar-refractivity contribution in [1.29, 1.82) is 0 Å². The molecule has 7 N–H and O–H groups in total. The summed E-state index contributed by atoms with van der Waals surface area (Å²) >= 11 is 0. The summed E-state index contributed by atoms with van der Waals surface area (Å²) in [4.78, 5) is 129. The molecule has 0 spiro atoms. The van der Waals surface area contributed by atoms with E-state index in [0.29, 0.717) is 25.9 Å². The molecule has 0 bridgehead atoms. The fourth-order valence-electron chi connectivity index (χ4n) is 8.67. The van der Waals surface area contributed by atoms with Gasteiger partial charge in [0, 0.05) is 38.1 Å². The van der Waals surface area contributed by atoms with Crippen LogP contribution >= 0.6 is 0 Å². The van der Waals surface area contributed by atoms with Crippen LogP contribution in [0.3, 0.4) is 0 Å². The summed E-state index contributed by atoms with van der Waals surface area (Å²) in [6, 6.07) is -3.25. The summed E-state index contributed by atoms with van der Waals surface area (Å²) < 4.78 is 0. The molecule has 0 aliphatic carbocycles. The van der Waals surface area contributed by atoms with Crippen LogP contribution in [0.15, 0.2) is 0 Å². The number of nitrogens with one attached hydrogen (secondary N) is 7. The first-order valence-corrected chi connectivity index (χ1v) is 25.9. The van der Waals surface area contributed by atoms with E-state index in [0.717, 1.165) is 51.5 Å². The third-order valence-electron chi connectivity index (χ3n) is 12.8. The lowest BCUT2D eigenvalue weighted by molar-refractivity contribution is -0.150. The van der Waals surface area contributed by atoms with E-state index >= 15 is 0 Å². The van der Waals surface area contributed by atoms with Crippen molar-refractivity contribution in [2.75, 3.05) is 60.4 Å². The maximum absolute atomic E-state index is 14.2. The van der Waals surface area contributed by atoms with Gasteiger partial charge in [-0.1, -0.05) is 59.3 Å². The van der Waals surface area contributed by atoms with Gasteiger partial charge < -0.3 is 51.9 Å². The molecule has 9 amide bonds. The maximum atomic E-state index is 14.2. The molecule has 1 aliphatic rings. The number of carbonyl (C=O) groups excluding carboxylic acids is 9. The van der Waals surface area contributed by atoms with Gasteiger partial charge in [-0.25, -0.2) is 0 Å². The van der Waals surface area contributed by atoms with E-state index in [1.807, 2.05) is 44.8 Å². The molecule has 408 valence electrons. The topological polar surface area (TPSA) is 251 Å². The summed E-state index contributed by atoms with van der Waals surface area (Å²) in [6.07, 6.45) is 8.30. The lowest BCUT2D eigenvalue weighted by Crippen LogP contribution is -2.65. The van der Waals surface area contributed by atoms with Crippen LogP contribution in [0.25, 0.3) is 0 Å². The summed E-state index contributed by atoms with van der Waals surface area (Å²) in [5, 5.41) is 19.3. The predicted octanol–water partition coefficient (Wildman–Crippen LogP) is 2.19. The molecule has 1 unspecified atom stereocenters. The van der Waals surface area contributed by atoms with Crippen LogP contribution in [0.1, 0.15) is 161 Å². The molecule has 0 aromatic heterocycles. The molecule has 0 aromatic rings. The van der Waals surface area contributed by atoms with E-state index in [2.05, 4.69) is 44.1 Å². The van der Waals surface area contributed by atoms with Crippen molar-refractivity contribution in [3.8, 4) is 0 Å². The number of nitrogens with zero attached hydrogens (tertiary/aromatic N) is 4. The van der Waals surface area contributed by atoms with Crippen molar-refractivity contribution >= 4 is 53.2 Å². The zero-order valence-corrected chi connectivity index (χ0v) is 46.4. The Kier molecular flexibility index (Phi) is 27.3. The molecule has 71 heavy (non-hydrogen) atoms. The van der Waals surface area contributed by atoms with Gasteiger partial charge in [-0.05, 0) is 129 Å². The first kappa shape index (κ1) is 64.2. The normalized spacial score (nSPS) is 15.2. The summed E-state index contributed by atoms with van der Waals surface area (Å²) in [5.74, 6) is -4.57. The highest BCUT2D eigenvalue weighted by atomic mass is 16.2. The number of likely N-dealkylation sites (tertiary alicyclic amines) is 1. The number of rotatable bonds is 32. The highest BCUT2D eigenvalue weighted by molar-refractivity contribution is 5.99. The first-order chi connectivity index (χ1) is 32.9. The Balaban J connectivity index is 3.11. The van der Waals surface area contributed by atoms with Crippen LogP contribution in [-0.4, -0.2) is 180 Å². The Morgan fingerprint density at radius 1 is 0.662 bits per heavy atom. The predicted molar refractivity (Wildman–Crippen MR) is 277 cm³/mol. The number of amides is 9. The van der Waals surface area contributed by atoms with E-state index in [9.17, 15) is 43.2 Å². The average molecular weight is 1010 g/mol. The molecule has 1 saturated heterocycles. The molecule has 1 heterocycles. The van der Waals surface area contributed by atoms with Gasteiger partial charge in [0.15, 0.2) is 0 Å². The first-order valence-electron chi connectivity index (χ1n) is 25.9. The molecule has 1 fully saturated rings. The van der Waals surface area contributed by atoms with Crippen molar-refractivity contribution in [3.05, 3.63) is 0 Å². The summed E-state index contributed by atoms with van der Waals surface area (Å²) in [6.45, 7) is 23.0. The zero-order valence-electron chi connectivity index (χ0n) is 46.4. The largest absolute Gasteiger partial charge is 0.355 e. The average Bonchev–Trinajstić information content (AvgIpc) is 3.69. The second-order valence-electron chi connectivity index (χ2n) is 22.0. The molecular weight excluding hydrogens is 911 g/mol. The van der Waals surface area contributed by atoms with Crippen LogP contribution in [0.4, 0.5) is 0 Å². The van der Waals surface area contributed by atoms with Crippen molar-refractivity contribution in [3.63, 3.8) is 0 Å². The minimum Gasteiger partial charge on any atom is -0.355 e. The standard InChI is InChI=1S/C51H95N11O9/c1-17-18-19-20-21-22-24-37(56-44(67)38-25-23-29-60(38)16)43(66)54-33-42(65)62(36(6)7)51(12,13)48(71)55-32-41(64)61(35(4)5)39(31-34(2)3)45(68)57-50(10,11)47(70)58-49(8,9)46(69)53-27-26-40(63)52-28-30-59(14)15/h34-39H,17-33H2,1-16H3,(H,52,63)(H,53,69)(H,54,66)(H,55,71)(H,56,67)(H,57,68)(H,58,70)/t37?,38-,39-/m0/s1. The molecule has 0 radical (unpaired) electrons. The Labute approximate surface area is 425 Å². The Morgan fingerprint density at radius 3 is 1.80 bits per heavy atom. The maximum Gasteiger partial charge on any atom is 0.246 e. The number of hydrogen-bond acceptors (Lipinski definition) is 11. The number of carbonyl (C=O) groups is 9. The van der Waals surface area contributed by atoms with Crippen molar-refractivity contribution in [2.24, 2.45) is 5.92 Å². The van der Waals surface area contributed by atoms with Crippen LogP contribution in [-0.2, 0) is 43.2 Å². The van der Waals surface area contributed by atoms with Gasteiger partial charge >= 0.3 is 0 Å². The van der Waals surface area contributed by atoms with Crippen LogP contribution in [0.2, 0.25) is 0 Å². The van der Waals surface area contributed by atoms with Gasteiger partial charge in [0.05, 0.1) is 19.1 Å². The van der Waals surface area contributed by atoms with Crippen LogP contribution in [0, 0.1) is 5.92 Å². The third kappa shape index (κ3) is 21.8. The Hall–Kier alpha value is -4.85. The van der Waals surface area contributed by atoms with Crippen molar-refractivity contribution in [2.45, 2.75) is 207 Å². The van der Waals surface area contributed by atoms with Gasteiger partial charge in [-0.2, -0.15) is 0 Å². The minimum atomic E-state index is -1.55. The molecule has 1 rings (SSSR count). The highest BCUT2D eigenvalue weighted by Crippen LogP contribution is 2.21. The van der Waals surface area contributed by atoms with E-state index in [1.165, 1.54) is 37.5 Å². The molecule has 0 aromatic carbocycles. The van der Waals surface area contributed by atoms with E-state index < -0.39 is 95.2 Å². The summed E-state index contributed by atoms with van der Waals surface area (Å²) in [7, 11) is 5.67. The van der Waals surface area contributed by atoms with Crippen LogP contribution < -0.4 is 37.2 Å². The zero-order chi connectivity index (χ0) is 54.4. The van der Waals surface area contributed by atoms with E-state index in [-0.39, 0.29) is 43.2 Å². The molecule has 20 heteroatoms. The van der Waals surface area contributed by atoms with Gasteiger partial charge in [-0.3, -0.25) is 48.1 Å². The number of likely N-dealkylation sites (N-methyl/N-ethyl adjacent to an activating group) is 2. The monoisotopic (exact) mass is 1010 g/mol. The molecule has 0 saturated carbocycles. The van der Waals surface area contributed by atoms with Gasteiger partial charge in [0.2, 0.25) is 53.2 Å². The summed E-state index contributed by atoms with van der Waals surface area (Å²) in [5.41, 5.74) is -4.48. The Morgan fingerprint density at radius 2 is 1.25 bits per heavy atom. The third-order valence-corrected chi connectivity index (χ3v) is 12.8. The van der Waals surface area contributed by atoms with Crippen LogP contribution in [0.5, 0.6) is 0 Å². The lowest BCUT2D eigenvalue weighted by Gasteiger charge is -2.41. The fraction of sp³-hybridized carbons (Fsp3) is 0.824. The highest BCUT2D eigenvalue weighted by Gasteiger charge is 2.43. The van der Waals surface area contributed by atoms with Crippen molar-refractivity contribution in [1.82, 2.24) is 56.8 Å². The fourth-order valence-corrected chi connectivity index (χ4v) is 8.67. The van der Waals surface area contributed by atoms with E-state index in [4.69, 9.17) is 0 Å². The lowest BCUT2D eigenvalue weighted by atomic mass is 9.96. The second kappa shape index (κ2) is 30.2. The van der Waals surface area contributed by atoms with Crippen molar-refractivity contribution < 1.29 is 43.2 Å². The van der Waals surface area contributed by atoms with E-state index in [1.54, 1.807) is 41.5 Å². The minimum absolute atomic E-state index is 0.0495. The number of unbranched alkanes of at least 4 members (excludes halogenated alkanes) is 5. The SMILES string of the molecule is CCCCCCCCC(NC(=O)[C@@H]1CCCN1C)C(=O)NCC(=O)N(C(C)C)C(C)(C)C(=O)NCC(=O)N(C(C)C)[C@@H](CC(C)C)C(=O)NC(C)(C)C(=O)NC(C)(C)C(=O)NCCC(=O)NCCN(C)C. The van der Waals surface area contributed by atoms with Gasteiger partial charge in [0.1, 0.15) is 28.7 Å². The quantitative estimate of drug-likeness (QED) is 0.0482. The number of hydrogen-bond donors (Lipinski definition) is 7. The molecule has 3 atom stereocenters. The van der Waals surface area contributed by atoms with Gasteiger partial charge in [-0.15, -0.1) is 0 Å². The Bertz CT molecular complexity index is 1780. The molecule has 1 aliphatic heterocycles.